The number of hydrogen-bond donors (Lipinski definition) is 0. The normalized spacial score (nSPS) is 11.4. The molecule has 2 nitrogen and oxygen atoms in total. The zero-order valence-electron chi connectivity index (χ0n) is 9.11. The van der Waals surface area contributed by atoms with Gasteiger partial charge in [-0.05, 0) is 19.1 Å². The van der Waals surface area contributed by atoms with Crippen LogP contribution in [0.25, 0.3) is 0 Å². The first kappa shape index (κ1) is 12.9. The SMILES string of the molecule is COc1ccc(C(=O)C(C)(F)F)c(Cl)c1C. The standard InChI is InChI=1S/C11H11ClF2O2/c1-6-8(16-3)5-4-7(9(6)12)10(15)11(2,13)14/h4-5H,1-3H3. The smallest absolute Gasteiger partial charge is 0.307 e. The number of ether oxygens (including phenoxy) is 1. The van der Waals surface area contributed by atoms with E-state index in [0.717, 1.165) is 0 Å². The second-order valence-electron chi connectivity index (χ2n) is 3.47. The Morgan fingerprint density at radius 2 is 2.00 bits per heavy atom. The third-order valence-electron chi connectivity index (χ3n) is 2.20. The molecule has 1 aromatic carbocycles. The van der Waals surface area contributed by atoms with E-state index >= 15 is 0 Å². The Labute approximate surface area is 97.2 Å². The van der Waals surface area contributed by atoms with Crippen LogP contribution in [0.2, 0.25) is 5.02 Å². The van der Waals surface area contributed by atoms with E-state index in [0.29, 0.717) is 18.2 Å². The summed E-state index contributed by atoms with van der Waals surface area (Å²) in [6.07, 6.45) is 0. The molecule has 0 amide bonds. The zero-order valence-corrected chi connectivity index (χ0v) is 9.86. The third-order valence-corrected chi connectivity index (χ3v) is 2.69. The second kappa shape index (κ2) is 4.37. The quantitative estimate of drug-likeness (QED) is 0.766. The molecule has 0 aliphatic heterocycles. The van der Waals surface area contributed by atoms with Crippen molar-refractivity contribution in [3.63, 3.8) is 0 Å². The summed E-state index contributed by atoms with van der Waals surface area (Å²) in [5.74, 6) is -4.26. The van der Waals surface area contributed by atoms with E-state index in [2.05, 4.69) is 0 Å². The van der Waals surface area contributed by atoms with Gasteiger partial charge in [0.25, 0.3) is 0 Å². The van der Waals surface area contributed by atoms with Gasteiger partial charge in [-0.1, -0.05) is 11.6 Å². The summed E-state index contributed by atoms with van der Waals surface area (Å²) in [6.45, 7) is 2.15. The predicted octanol–water partition coefficient (Wildman–Crippen LogP) is 3.49. The minimum atomic E-state index is -3.43. The number of carbonyl (C=O) groups is 1. The van der Waals surface area contributed by atoms with Crippen LogP contribution in [0.4, 0.5) is 8.78 Å². The van der Waals surface area contributed by atoms with E-state index in [-0.39, 0.29) is 10.6 Å². The van der Waals surface area contributed by atoms with Crippen molar-refractivity contribution in [2.24, 2.45) is 0 Å². The molecule has 1 rings (SSSR count). The highest BCUT2D eigenvalue weighted by atomic mass is 35.5. The molecule has 0 spiro atoms. The number of benzene rings is 1. The maximum atomic E-state index is 12.9. The molecule has 0 bridgehead atoms. The first-order valence-corrected chi connectivity index (χ1v) is 4.92. The van der Waals surface area contributed by atoms with E-state index in [9.17, 15) is 13.6 Å². The minimum Gasteiger partial charge on any atom is -0.496 e. The predicted molar refractivity (Wildman–Crippen MR) is 57.7 cm³/mol. The molecule has 0 aliphatic rings. The number of methoxy groups -OCH3 is 1. The largest absolute Gasteiger partial charge is 0.496 e. The topological polar surface area (TPSA) is 26.3 Å². The number of carbonyl (C=O) groups excluding carboxylic acids is 1. The Kier molecular flexibility index (Phi) is 3.53. The molecule has 0 aromatic heterocycles. The molecule has 0 unspecified atom stereocenters. The van der Waals surface area contributed by atoms with Crippen LogP contribution in [-0.2, 0) is 0 Å². The number of rotatable bonds is 3. The van der Waals surface area contributed by atoms with Gasteiger partial charge in [0.1, 0.15) is 5.75 Å². The number of ketones is 1. The number of alkyl halides is 2. The van der Waals surface area contributed by atoms with Crippen molar-refractivity contribution < 1.29 is 18.3 Å². The average Bonchev–Trinajstić information content (AvgIpc) is 2.20. The number of halogens is 3. The summed E-state index contributed by atoms with van der Waals surface area (Å²) < 4.78 is 30.7. The van der Waals surface area contributed by atoms with Crippen LogP contribution in [-0.4, -0.2) is 18.8 Å². The second-order valence-corrected chi connectivity index (χ2v) is 3.85. The van der Waals surface area contributed by atoms with E-state index in [1.807, 2.05) is 0 Å². The van der Waals surface area contributed by atoms with E-state index in [4.69, 9.17) is 16.3 Å². The molecule has 0 N–H and O–H groups in total. The van der Waals surface area contributed by atoms with Crippen LogP contribution in [0, 0.1) is 6.92 Å². The van der Waals surface area contributed by atoms with Crippen molar-refractivity contribution in [1.82, 2.24) is 0 Å². The van der Waals surface area contributed by atoms with Gasteiger partial charge >= 0.3 is 5.92 Å². The summed E-state index contributed by atoms with van der Waals surface area (Å²) in [7, 11) is 1.44. The maximum Gasteiger partial charge on any atom is 0.307 e. The molecule has 0 saturated carbocycles. The monoisotopic (exact) mass is 248 g/mol. The van der Waals surface area contributed by atoms with Crippen molar-refractivity contribution >= 4 is 17.4 Å². The van der Waals surface area contributed by atoms with Crippen molar-refractivity contribution in [1.29, 1.82) is 0 Å². The summed E-state index contributed by atoms with van der Waals surface area (Å²) in [5.41, 5.74) is 0.284. The van der Waals surface area contributed by atoms with Crippen molar-refractivity contribution in [2.75, 3.05) is 7.11 Å². The fraction of sp³-hybridized carbons (Fsp3) is 0.364. The van der Waals surface area contributed by atoms with E-state index in [1.165, 1.54) is 19.2 Å². The van der Waals surface area contributed by atoms with Crippen LogP contribution in [0.3, 0.4) is 0 Å². The van der Waals surface area contributed by atoms with Gasteiger partial charge in [0.2, 0.25) is 5.78 Å². The number of Topliss-reactive ketones (excluding diaryl/α,β-unsaturated/α-hetero) is 1. The van der Waals surface area contributed by atoms with E-state index < -0.39 is 11.7 Å². The molecule has 0 atom stereocenters. The summed E-state index contributed by atoms with van der Waals surface area (Å²) in [4.78, 5) is 11.4. The van der Waals surface area contributed by atoms with Gasteiger partial charge in [0.05, 0.1) is 12.1 Å². The Morgan fingerprint density at radius 3 is 2.44 bits per heavy atom. The van der Waals surface area contributed by atoms with Crippen LogP contribution in [0.1, 0.15) is 22.8 Å². The molecule has 5 heteroatoms. The molecular weight excluding hydrogens is 238 g/mol. The summed E-state index contributed by atoms with van der Waals surface area (Å²) in [6, 6.07) is 2.69. The fourth-order valence-electron chi connectivity index (χ4n) is 1.30. The molecule has 88 valence electrons. The van der Waals surface area contributed by atoms with Crippen LogP contribution < -0.4 is 4.74 Å². The highest BCUT2D eigenvalue weighted by molar-refractivity contribution is 6.35. The summed E-state index contributed by atoms with van der Waals surface area (Å²) in [5, 5.41) is 0.00544. The first-order valence-electron chi connectivity index (χ1n) is 4.54. The molecule has 0 saturated heterocycles. The lowest BCUT2D eigenvalue weighted by atomic mass is 10.0. The minimum absolute atomic E-state index is 0.00544. The maximum absolute atomic E-state index is 12.9. The fourth-order valence-corrected chi connectivity index (χ4v) is 1.54. The Balaban J connectivity index is 3.28. The molecule has 0 fully saturated rings. The Morgan fingerprint density at radius 1 is 1.44 bits per heavy atom. The first-order chi connectivity index (χ1) is 7.29. The van der Waals surface area contributed by atoms with Gasteiger partial charge in [0, 0.05) is 18.1 Å². The van der Waals surface area contributed by atoms with E-state index in [1.54, 1.807) is 6.92 Å². The average molecular weight is 249 g/mol. The van der Waals surface area contributed by atoms with Gasteiger partial charge in [-0.2, -0.15) is 8.78 Å². The van der Waals surface area contributed by atoms with Crippen molar-refractivity contribution in [3.8, 4) is 5.75 Å². The highest BCUT2D eigenvalue weighted by Gasteiger charge is 2.35. The van der Waals surface area contributed by atoms with Gasteiger partial charge in [0.15, 0.2) is 0 Å². The lowest BCUT2D eigenvalue weighted by molar-refractivity contribution is 0.0221. The molecular formula is C11H11ClF2O2. The number of hydrogen-bond acceptors (Lipinski definition) is 2. The van der Waals surface area contributed by atoms with Crippen LogP contribution in [0.5, 0.6) is 5.75 Å². The van der Waals surface area contributed by atoms with Gasteiger partial charge in [-0.15, -0.1) is 0 Å². The molecule has 0 aliphatic carbocycles. The van der Waals surface area contributed by atoms with Gasteiger partial charge in [-0.3, -0.25) is 4.79 Å². The third kappa shape index (κ3) is 2.32. The Bertz CT molecular complexity index is 425. The Hall–Kier alpha value is -1.16. The van der Waals surface area contributed by atoms with Crippen molar-refractivity contribution in [3.05, 3.63) is 28.3 Å². The highest BCUT2D eigenvalue weighted by Crippen LogP contribution is 2.32. The molecule has 1 aromatic rings. The lowest BCUT2D eigenvalue weighted by Gasteiger charge is -2.13. The van der Waals surface area contributed by atoms with Crippen LogP contribution in [0.15, 0.2) is 12.1 Å². The van der Waals surface area contributed by atoms with Crippen molar-refractivity contribution in [2.45, 2.75) is 19.8 Å². The molecule has 16 heavy (non-hydrogen) atoms. The van der Waals surface area contributed by atoms with Gasteiger partial charge in [-0.25, -0.2) is 0 Å². The van der Waals surface area contributed by atoms with Crippen LogP contribution >= 0.6 is 11.6 Å². The zero-order chi connectivity index (χ0) is 12.5. The van der Waals surface area contributed by atoms with Gasteiger partial charge < -0.3 is 4.74 Å². The molecule has 0 radical (unpaired) electrons. The molecule has 0 heterocycles. The summed E-state index contributed by atoms with van der Waals surface area (Å²) >= 11 is 5.84. The lowest BCUT2D eigenvalue weighted by Crippen LogP contribution is -2.24.